The molecule has 3 aromatic rings. The van der Waals surface area contributed by atoms with Crippen LogP contribution >= 0.6 is 11.3 Å². The number of aryl methyl sites for hydroxylation is 1. The maximum absolute atomic E-state index is 12.3. The van der Waals surface area contributed by atoms with Crippen molar-refractivity contribution in [3.05, 3.63) is 39.5 Å². The van der Waals surface area contributed by atoms with Crippen molar-refractivity contribution in [3.8, 4) is 0 Å². The summed E-state index contributed by atoms with van der Waals surface area (Å²) in [6.07, 6.45) is 3.49. The Morgan fingerprint density at radius 3 is 3.00 bits per heavy atom. The van der Waals surface area contributed by atoms with Gasteiger partial charge in [0.05, 0.1) is 12.2 Å². The van der Waals surface area contributed by atoms with Crippen LogP contribution in [0, 0.1) is 6.92 Å². The fourth-order valence-electron chi connectivity index (χ4n) is 1.96. The average molecular weight is 290 g/mol. The lowest BCUT2D eigenvalue weighted by atomic mass is 10.4. The predicted molar refractivity (Wildman–Crippen MR) is 77.4 cm³/mol. The Balaban J connectivity index is 1.93. The first-order valence-corrected chi connectivity index (χ1v) is 7.10. The zero-order valence-electron chi connectivity index (χ0n) is 11.2. The van der Waals surface area contributed by atoms with Crippen LogP contribution in [-0.4, -0.2) is 30.9 Å². The van der Waals surface area contributed by atoms with Gasteiger partial charge >= 0.3 is 0 Å². The molecule has 0 aromatic carbocycles. The highest BCUT2D eigenvalue weighted by molar-refractivity contribution is 7.15. The van der Waals surface area contributed by atoms with Crippen molar-refractivity contribution in [1.29, 1.82) is 0 Å². The van der Waals surface area contributed by atoms with E-state index in [0.29, 0.717) is 12.1 Å². The molecule has 3 heterocycles. The fraction of sp³-hybridized carbons (Fsp3) is 0.333. The molecule has 0 fully saturated rings. The number of nitrogens with one attached hydrogen (secondary N) is 1. The van der Waals surface area contributed by atoms with Gasteiger partial charge in [0.2, 0.25) is 5.13 Å². The third-order valence-electron chi connectivity index (χ3n) is 2.83. The summed E-state index contributed by atoms with van der Waals surface area (Å²) in [6, 6.07) is 1.78. The van der Waals surface area contributed by atoms with E-state index in [-0.39, 0.29) is 5.56 Å². The average Bonchev–Trinajstić information content (AvgIpc) is 3.00. The molecule has 8 heteroatoms. The zero-order valence-corrected chi connectivity index (χ0v) is 12.0. The highest BCUT2D eigenvalue weighted by Gasteiger charge is 2.08. The minimum absolute atomic E-state index is 0.0756. The van der Waals surface area contributed by atoms with Crippen molar-refractivity contribution in [2.45, 2.75) is 20.4 Å². The van der Waals surface area contributed by atoms with Gasteiger partial charge in [0.25, 0.3) is 5.56 Å². The van der Waals surface area contributed by atoms with Crippen molar-refractivity contribution >= 4 is 22.0 Å². The van der Waals surface area contributed by atoms with E-state index in [9.17, 15) is 4.79 Å². The molecule has 0 radical (unpaired) electrons. The standard InChI is InChI=1S/C12H14N6OS/c1-3-13-12-15-14-10(20-12)7-17-4-5-18-9(11(17)19)6-8(2)16-18/h4-6H,3,7H2,1-2H3,(H,13,15). The van der Waals surface area contributed by atoms with Gasteiger partial charge in [-0.1, -0.05) is 11.3 Å². The van der Waals surface area contributed by atoms with Crippen molar-refractivity contribution in [2.24, 2.45) is 0 Å². The third kappa shape index (κ3) is 2.29. The summed E-state index contributed by atoms with van der Waals surface area (Å²) >= 11 is 1.46. The Bertz CT molecular complexity index is 802. The molecule has 0 aliphatic heterocycles. The fourth-order valence-corrected chi connectivity index (χ4v) is 2.77. The third-order valence-corrected chi connectivity index (χ3v) is 3.69. The second-order valence-electron chi connectivity index (χ2n) is 4.38. The molecule has 3 rings (SSSR count). The molecule has 0 spiro atoms. The number of fused-ring (bicyclic) bond motifs is 1. The lowest BCUT2D eigenvalue weighted by Crippen LogP contribution is -2.21. The van der Waals surface area contributed by atoms with Crippen LogP contribution in [0.2, 0.25) is 0 Å². The molecule has 3 aromatic heterocycles. The van der Waals surface area contributed by atoms with Crippen LogP contribution in [0.5, 0.6) is 0 Å². The predicted octanol–water partition coefficient (Wildman–Crippen LogP) is 1.14. The van der Waals surface area contributed by atoms with E-state index in [1.165, 1.54) is 11.3 Å². The molecular formula is C12H14N6OS. The van der Waals surface area contributed by atoms with E-state index in [4.69, 9.17) is 0 Å². The van der Waals surface area contributed by atoms with Gasteiger partial charge in [0.15, 0.2) is 0 Å². The van der Waals surface area contributed by atoms with Crippen molar-refractivity contribution in [1.82, 2.24) is 24.4 Å². The number of anilines is 1. The first kappa shape index (κ1) is 12.8. The molecule has 0 unspecified atom stereocenters. The summed E-state index contributed by atoms with van der Waals surface area (Å²) in [5, 5.41) is 17.0. The largest absolute Gasteiger partial charge is 0.360 e. The molecule has 0 aliphatic rings. The normalized spacial score (nSPS) is 11.1. The molecule has 0 bridgehead atoms. The number of hydrogen-bond acceptors (Lipinski definition) is 6. The van der Waals surface area contributed by atoms with Gasteiger partial charge in [0, 0.05) is 18.9 Å². The lowest BCUT2D eigenvalue weighted by Gasteiger charge is -2.02. The van der Waals surface area contributed by atoms with Crippen LogP contribution in [0.3, 0.4) is 0 Å². The first-order chi connectivity index (χ1) is 9.67. The number of hydrogen-bond donors (Lipinski definition) is 1. The van der Waals surface area contributed by atoms with Crippen LogP contribution in [0.4, 0.5) is 5.13 Å². The smallest absolute Gasteiger partial charge is 0.276 e. The van der Waals surface area contributed by atoms with Gasteiger partial charge in [-0.05, 0) is 19.9 Å². The minimum Gasteiger partial charge on any atom is -0.360 e. The molecule has 1 N–H and O–H groups in total. The summed E-state index contributed by atoms with van der Waals surface area (Å²) in [7, 11) is 0. The Morgan fingerprint density at radius 1 is 1.35 bits per heavy atom. The second kappa shape index (κ2) is 5.04. The van der Waals surface area contributed by atoms with Crippen molar-refractivity contribution in [3.63, 3.8) is 0 Å². The van der Waals surface area contributed by atoms with E-state index < -0.39 is 0 Å². The minimum atomic E-state index is -0.0756. The van der Waals surface area contributed by atoms with Crippen LogP contribution < -0.4 is 10.9 Å². The molecule has 104 valence electrons. The maximum atomic E-state index is 12.3. The molecule has 0 aliphatic carbocycles. The summed E-state index contributed by atoms with van der Waals surface area (Å²) in [5.74, 6) is 0. The van der Waals surface area contributed by atoms with E-state index >= 15 is 0 Å². The summed E-state index contributed by atoms with van der Waals surface area (Å²) < 4.78 is 3.21. The van der Waals surface area contributed by atoms with Crippen molar-refractivity contribution in [2.75, 3.05) is 11.9 Å². The molecule has 20 heavy (non-hydrogen) atoms. The highest BCUT2D eigenvalue weighted by Crippen LogP contribution is 2.15. The van der Waals surface area contributed by atoms with Crippen molar-refractivity contribution < 1.29 is 0 Å². The van der Waals surface area contributed by atoms with Crippen LogP contribution in [0.1, 0.15) is 17.6 Å². The zero-order chi connectivity index (χ0) is 14.1. The Labute approximate surface area is 118 Å². The molecular weight excluding hydrogens is 276 g/mol. The van der Waals surface area contributed by atoms with Crippen LogP contribution in [0.25, 0.3) is 5.52 Å². The van der Waals surface area contributed by atoms with Gasteiger partial charge in [0.1, 0.15) is 10.5 Å². The second-order valence-corrected chi connectivity index (χ2v) is 5.44. The molecule has 0 saturated carbocycles. The Morgan fingerprint density at radius 2 is 2.20 bits per heavy atom. The van der Waals surface area contributed by atoms with Crippen LogP contribution in [0.15, 0.2) is 23.3 Å². The number of rotatable bonds is 4. The van der Waals surface area contributed by atoms with Gasteiger partial charge < -0.3 is 9.88 Å². The van der Waals surface area contributed by atoms with Gasteiger partial charge in [-0.3, -0.25) is 4.79 Å². The Kier molecular flexibility index (Phi) is 3.23. The quantitative estimate of drug-likeness (QED) is 0.779. The van der Waals surface area contributed by atoms with Gasteiger partial charge in [-0.25, -0.2) is 4.52 Å². The molecule has 0 saturated heterocycles. The summed E-state index contributed by atoms with van der Waals surface area (Å²) in [5.41, 5.74) is 1.32. The van der Waals surface area contributed by atoms with Gasteiger partial charge in [-0.15, -0.1) is 10.2 Å². The monoisotopic (exact) mass is 290 g/mol. The SMILES string of the molecule is CCNc1nnc(Cn2ccn3nc(C)cc3c2=O)s1. The van der Waals surface area contributed by atoms with E-state index in [1.54, 1.807) is 27.5 Å². The summed E-state index contributed by atoms with van der Waals surface area (Å²) in [6.45, 7) is 5.09. The number of nitrogens with zero attached hydrogens (tertiary/aromatic N) is 5. The van der Waals surface area contributed by atoms with E-state index in [2.05, 4.69) is 20.6 Å². The first-order valence-electron chi connectivity index (χ1n) is 6.29. The van der Waals surface area contributed by atoms with Gasteiger partial charge in [-0.2, -0.15) is 5.10 Å². The van der Waals surface area contributed by atoms with E-state index in [0.717, 1.165) is 22.4 Å². The van der Waals surface area contributed by atoms with Crippen LogP contribution in [-0.2, 0) is 6.54 Å². The lowest BCUT2D eigenvalue weighted by molar-refractivity contribution is 0.729. The maximum Gasteiger partial charge on any atom is 0.276 e. The topological polar surface area (TPSA) is 77.1 Å². The Hall–Kier alpha value is -2.22. The molecule has 0 atom stereocenters. The highest BCUT2D eigenvalue weighted by atomic mass is 32.1. The summed E-state index contributed by atoms with van der Waals surface area (Å²) in [4.78, 5) is 12.3. The molecule has 7 nitrogen and oxygen atoms in total. The molecule has 0 amide bonds. The van der Waals surface area contributed by atoms with E-state index in [1.807, 2.05) is 13.8 Å². The number of aromatic nitrogens is 5.